The first-order valence-corrected chi connectivity index (χ1v) is 10.6. The van der Waals surface area contributed by atoms with E-state index in [1.165, 1.54) is 0 Å². The Labute approximate surface area is 180 Å². The number of piperidine rings is 1. The summed E-state index contributed by atoms with van der Waals surface area (Å²) in [6, 6.07) is 3.44. The fraction of sp³-hybridized carbons (Fsp3) is 0.600. The molecule has 0 spiro atoms. The van der Waals surface area contributed by atoms with Crippen LogP contribution in [-0.4, -0.2) is 95.0 Å². The Hall–Kier alpha value is -2.34. The van der Waals surface area contributed by atoms with Gasteiger partial charge in [0.05, 0.1) is 0 Å². The molecule has 0 radical (unpaired) electrons. The number of carboxylic acids is 1. The van der Waals surface area contributed by atoms with Crippen molar-refractivity contribution in [2.75, 3.05) is 39.3 Å². The number of aliphatic hydroxyl groups excluding tert-OH is 1. The van der Waals surface area contributed by atoms with Gasteiger partial charge in [-0.25, -0.2) is 4.79 Å². The molecule has 0 atom stereocenters. The average Bonchev–Trinajstić information content (AvgIpc) is 2.71. The number of likely N-dealkylation sites (tertiary alicyclic amines) is 2. The van der Waals surface area contributed by atoms with Gasteiger partial charge in [-0.05, 0) is 37.2 Å². The quantitative estimate of drug-likeness (QED) is 0.423. The second kappa shape index (κ2) is 8.66. The van der Waals surface area contributed by atoms with Crippen LogP contribution in [0.3, 0.4) is 0 Å². The van der Waals surface area contributed by atoms with E-state index in [4.69, 9.17) is 20.2 Å². The van der Waals surface area contributed by atoms with Gasteiger partial charge in [0.1, 0.15) is 29.8 Å². The van der Waals surface area contributed by atoms with E-state index in [1.807, 2.05) is 0 Å². The molecule has 5 N–H and O–H groups in total. The first-order chi connectivity index (χ1) is 14.8. The fourth-order valence-electron chi connectivity index (χ4n) is 4.52. The van der Waals surface area contributed by atoms with Crippen molar-refractivity contribution in [3.63, 3.8) is 0 Å². The van der Waals surface area contributed by atoms with Gasteiger partial charge in [-0.3, -0.25) is 9.69 Å². The van der Waals surface area contributed by atoms with Crippen LogP contribution in [-0.2, 0) is 11.2 Å². The SMILES string of the molecule is NC1(CN2CC(Oc3ccc4c(c3C(=O)O)OB(O)CC4)C2)CCN(C(=O)CO)CC1. The average molecular weight is 433 g/mol. The van der Waals surface area contributed by atoms with Gasteiger partial charge in [0.15, 0.2) is 0 Å². The maximum atomic E-state index is 11.8. The summed E-state index contributed by atoms with van der Waals surface area (Å²) >= 11 is 0. The first-order valence-electron chi connectivity index (χ1n) is 10.6. The Kier molecular flexibility index (Phi) is 6.11. The molecule has 0 aromatic heterocycles. The Morgan fingerprint density at radius 2 is 2.00 bits per heavy atom. The molecule has 3 aliphatic rings. The zero-order chi connectivity index (χ0) is 22.2. The van der Waals surface area contributed by atoms with Crippen LogP contribution < -0.4 is 15.1 Å². The molecule has 0 saturated carbocycles. The maximum absolute atomic E-state index is 11.8. The number of benzene rings is 1. The number of rotatable bonds is 6. The molecule has 2 fully saturated rings. The molecule has 0 bridgehead atoms. The molecule has 3 aliphatic heterocycles. The van der Waals surface area contributed by atoms with Crippen molar-refractivity contribution in [3.05, 3.63) is 23.3 Å². The number of carboxylic acid groups (broad SMARTS) is 1. The standard InChI is InChI=1S/C20H28BN3O7/c22-20(4-7-24(8-5-20)16(26)11-25)12-23-9-14(10-23)30-15-2-1-13-3-6-21(29)31-18(13)17(15)19(27)28/h1-2,14,25,29H,3-12,22H2,(H,27,28). The van der Waals surface area contributed by atoms with Crippen molar-refractivity contribution in [1.82, 2.24) is 9.80 Å². The van der Waals surface area contributed by atoms with Crippen molar-refractivity contribution in [3.8, 4) is 11.5 Å². The lowest BCUT2D eigenvalue weighted by atomic mass is 9.78. The van der Waals surface area contributed by atoms with Gasteiger partial charge in [-0.15, -0.1) is 0 Å². The normalized spacial score (nSPS) is 21.1. The third-order valence-electron chi connectivity index (χ3n) is 6.33. The summed E-state index contributed by atoms with van der Waals surface area (Å²) in [6.45, 7) is 2.50. The van der Waals surface area contributed by atoms with Crippen LogP contribution in [0.25, 0.3) is 0 Å². The van der Waals surface area contributed by atoms with Gasteiger partial charge in [-0.2, -0.15) is 0 Å². The van der Waals surface area contributed by atoms with Crippen molar-refractivity contribution < 1.29 is 34.2 Å². The summed E-state index contributed by atoms with van der Waals surface area (Å²) in [4.78, 5) is 27.2. The minimum atomic E-state index is -1.15. The van der Waals surface area contributed by atoms with E-state index >= 15 is 0 Å². The summed E-state index contributed by atoms with van der Waals surface area (Å²) < 4.78 is 11.3. The largest absolute Gasteiger partial charge is 0.535 e. The molecular weight excluding hydrogens is 405 g/mol. The number of nitrogens with zero attached hydrogens (tertiary/aromatic N) is 2. The molecule has 3 heterocycles. The summed E-state index contributed by atoms with van der Waals surface area (Å²) in [5.74, 6) is -0.995. The van der Waals surface area contributed by atoms with Gasteiger partial charge >= 0.3 is 13.1 Å². The van der Waals surface area contributed by atoms with Gasteiger partial charge in [0.2, 0.25) is 5.91 Å². The first kappa shape index (κ1) is 21.9. The van der Waals surface area contributed by atoms with E-state index in [0.29, 0.717) is 58.3 Å². The molecule has 2 saturated heterocycles. The summed E-state index contributed by atoms with van der Waals surface area (Å²) in [5, 5.41) is 28.4. The van der Waals surface area contributed by atoms with Crippen LogP contribution >= 0.6 is 0 Å². The minimum absolute atomic E-state index is 0.0501. The molecular formula is C20H28BN3O7. The smallest absolute Gasteiger partial charge is 0.522 e. The topological polar surface area (TPSA) is 146 Å². The molecule has 1 aromatic carbocycles. The predicted octanol–water partition coefficient (Wildman–Crippen LogP) is -0.825. The third-order valence-corrected chi connectivity index (χ3v) is 6.33. The molecule has 1 aromatic rings. The van der Waals surface area contributed by atoms with Crippen LogP contribution in [0.15, 0.2) is 12.1 Å². The molecule has 0 aliphatic carbocycles. The maximum Gasteiger partial charge on any atom is 0.522 e. The van der Waals surface area contributed by atoms with Gasteiger partial charge < -0.3 is 35.3 Å². The van der Waals surface area contributed by atoms with Crippen LogP contribution in [0.2, 0.25) is 6.32 Å². The van der Waals surface area contributed by atoms with Crippen molar-refractivity contribution in [2.45, 2.75) is 37.2 Å². The molecule has 0 unspecified atom stereocenters. The summed E-state index contributed by atoms with van der Waals surface area (Å²) in [5.41, 5.74) is 6.82. The number of ether oxygens (including phenoxy) is 1. The zero-order valence-electron chi connectivity index (χ0n) is 17.3. The number of nitrogens with two attached hydrogens (primary N) is 1. The lowest BCUT2D eigenvalue weighted by Crippen LogP contribution is -2.63. The highest BCUT2D eigenvalue weighted by molar-refractivity contribution is 6.44. The van der Waals surface area contributed by atoms with Gasteiger partial charge in [0, 0.05) is 38.3 Å². The van der Waals surface area contributed by atoms with E-state index in [9.17, 15) is 19.7 Å². The number of carbonyl (C=O) groups excluding carboxylic acids is 1. The zero-order valence-corrected chi connectivity index (χ0v) is 17.3. The second-order valence-electron chi connectivity index (χ2n) is 8.68. The number of aliphatic hydroxyl groups is 1. The molecule has 31 heavy (non-hydrogen) atoms. The number of aryl methyl sites for hydroxylation is 1. The highest BCUT2D eigenvalue weighted by Crippen LogP contribution is 2.37. The molecule has 11 heteroatoms. The molecule has 168 valence electrons. The number of fused-ring (bicyclic) bond motifs is 1. The van der Waals surface area contributed by atoms with E-state index in [-0.39, 0.29) is 29.1 Å². The molecule has 4 rings (SSSR count). The molecule has 1 amide bonds. The number of carbonyl (C=O) groups is 2. The van der Waals surface area contributed by atoms with Crippen molar-refractivity contribution in [2.24, 2.45) is 5.73 Å². The molecule has 10 nitrogen and oxygen atoms in total. The van der Waals surface area contributed by atoms with Crippen LogP contribution in [0, 0.1) is 0 Å². The lowest BCUT2D eigenvalue weighted by Gasteiger charge is -2.46. The third kappa shape index (κ3) is 4.64. The van der Waals surface area contributed by atoms with Gasteiger partial charge in [-0.1, -0.05) is 6.07 Å². The monoisotopic (exact) mass is 433 g/mol. The van der Waals surface area contributed by atoms with Crippen LogP contribution in [0.4, 0.5) is 0 Å². The van der Waals surface area contributed by atoms with E-state index in [0.717, 1.165) is 5.56 Å². The van der Waals surface area contributed by atoms with Gasteiger partial charge in [0.25, 0.3) is 0 Å². The highest BCUT2D eigenvalue weighted by Gasteiger charge is 2.39. The minimum Gasteiger partial charge on any atom is -0.535 e. The number of hydrogen-bond acceptors (Lipinski definition) is 8. The van der Waals surface area contributed by atoms with E-state index < -0.39 is 25.2 Å². The highest BCUT2D eigenvalue weighted by atomic mass is 16.5. The number of hydrogen-bond donors (Lipinski definition) is 4. The Bertz CT molecular complexity index is 853. The number of amides is 1. The Morgan fingerprint density at radius 3 is 2.65 bits per heavy atom. The summed E-state index contributed by atoms with van der Waals surface area (Å²) in [7, 11) is -1.01. The fourth-order valence-corrected chi connectivity index (χ4v) is 4.52. The lowest BCUT2D eigenvalue weighted by molar-refractivity contribution is -0.136. The number of aromatic carboxylic acids is 1. The Morgan fingerprint density at radius 1 is 1.29 bits per heavy atom. The van der Waals surface area contributed by atoms with Crippen LogP contribution in [0.1, 0.15) is 28.8 Å². The summed E-state index contributed by atoms with van der Waals surface area (Å²) in [6.07, 6.45) is 2.14. The Balaban J connectivity index is 1.33. The van der Waals surface area contributed by atoms with Crippen molar-refractivity contribution in [1.29, 1.82) is 0 Å². The van der Waals surface area contributed by atoms with Crippen LogP contribution in [0.5, 0.6) is 11.5 Å². The van der Waals surface area contributed by atoms with E-state index in [2.05, 4.69) is 4.90 Å². The van der Waals surface area contributed by atoms with Crippen molar-refractivity contribution >= 4 is 19.0 Å². The second-order valence-corrected chi connectivity index (χ2v) is 8.68. The predicted molar refractivity (Wildman–Crippen MR) is 111 cm³/mol. The van der Waals surface area contributed by atoms with E-state index in [1.54, 1.807) is 17.0 Å².